The molecule has 16 heavy (non-hydrogen) atoms. The van der Waals surface area contributed by atoms with Gasteiger partial charge < -0.3 is 0 Å². The number of aromatic nitrogens is 1. The van der Waals surface area contributed by atoms with Crippen molar-refractivity contribution in [1.82, 2.24) is 4.98 Å². The van der Waals surface area contributed by atoms with Crippen molar-refractivity contribution in [3.05, 3.63) is 65.5 Å². The molecule has 0 saturated heterocycles. The van der Waals surface area contributed by atoms with Gasteiger partial charge in [-0.3, -0.25) is 4.98 Å². The maximum atomic E-state index is 13.0. The zero-order valence-electron chi connectivity index (χ0n) is 8.20. The lowest BCUT2D eigenvalue weighted by molar-refractivity contribution is 0.507. The average molecular weight is 240 g/mol. The van der Waals surface area contributed by atoms with E-state index in [2.05, 4.69) is 4.98 Å². The topological polar surface area (TPSA) is 12.9 Å². The van der Waals surface area contributed by atoms with Gasteiger partial charge in [0, 0.05) is 12.4 Å². The van der Waals surface area contributed by atoms with Gasteiger partial charge in [-0.15, -0.1) is 11.6 Å². The van der Waals surface area contributed by atoms with Crippen LogP contribution in [0.1, 0.15) is 16.5 Å². The fraction of sp³-hybridized carbons (Fsp3) is 0.0833. The second kappa shape index (κ2) is 4.58. The summed E-state index contributed by atoms with van der Waals surface area (Å²) in [7, 11) is 0. The van der Waals surface area contributed by atoms with Crippen LogP contribution in [-0.2, 0) is 0 Å². The molecule has 0 saturated carbocycles. The standard InChI is InChI=1S/C12H8ClF2N/c13-12(8-3-5-16-6-4-8)9-1-2-10(14)11(15)7-9/h1-7,12H. The monoisotopic (exact) mass is 239 g/mol. The Morgan fingerprint density at radius 2 is 1.62 bits per heavy atom. The van der Waals surface area contributed by atoms with Gasteiger partial charge in [-0.25, -0.2) is 8.78 Å². The first kappa shape index (κ1) is 11.0. The molecular formula is C12H8ClF2N. The van der Waals surface area contributed by atoms with E-state index in [4.69, 9.17) is 11.6 Å². The molecule has 82 valence electrons. The van der Waals surface area contributed by atoms with Crippen LogP contribution in [0.3, 0.4) is 0 Å². The predicted octanol–water partition coefficient (Wildman–Crippen LogP) is 3.69. The average Bonchev–Trinajstić information content (AvgIpc) is 2.33. The molecule has 4 heteroatoms. The lowest BCUT2D eigenvalue weighted by Crippen LogP contribution is -1.95. The normalized spacial score (nSPS) is 12.4. The Morgan fingerprint density at radius 3 is 2.25 bits per heavy atom. The van der Waals surface area contributed by atoms with Crippen molar-refractivity contribution in [2.24, 2.45) is 0 Å². The summed E-state index contributed by atoms with van der Waals surface area (Å²) in [4.78, 5) is 3.86. The van der Waals surface area contributed by atoms with Crippen molar-refractivity contribution >= 4 is 11.6 Å². The SMILES string of the molecule is Fc1ccc(C(Cl)c2ccncc2)cc1F. The van der Waals surface area contributed by atoms with Crippen LogP contribution in [0, 0.1) is 11.6 Å². The first-order valence-electron chi connectivity index (χ1n) is 4.67. The highest BCUT2D eigenvalue weighted by molar-refractivity contribution is 6.22. The van der Waals surface area contributed by atoms with E-state index in [1.165, 1.54) is 6.07 Å². The maximum absolute atomic E-state index is 13.0. The Labute approximate surface area is 96.7 Å². The molecule has 1 atom stereocenters. The number of halogens is 3. The molecule has 0 bridgehead atoms. The highest BCUT2D eigenvalue weighted by Crippen LogP contribution is 2.28. The molecule has 0 amide bonds. The number of benzene rings is 1. The van der Waals surface area contributed by atoms with Gasteiger partial charge in [0.2, 0.25) is 0 Å². The zero-order chi connectivity index (χ0) is 11.5. The van der Waals surface area contributed by atoms with E-state index in [1.54, 1.807) is 24.5 Å². The highest BCUT2D eigenvalue weighted by atomic mass is 35.5. The summed E-state index contributed by atoms with van der Waals surface area (Å²) in [6.45, 7) is 0. The Kier molecular flexibility index (Phi) is 3.15. The van der Waals surface area contributed by atoms with E-state index in [0.717, 1.165) is 17.7 Å². The van der Waals surface area contributed by atoms with Crippen LogP contribution in [0.4, 0.5) is 8.78 Å². The van der Waals surface area contributed by atoms with Crippen molar-refractivity contribution in [3.63, 3.8) is 0 Å². The smallest absolute Gasteiger partial charge is 0.159 e. The van der Waals surface area contributed by atoms with Crippen LogP contribution in [0.5, 0.6) is 0 Å². The van der Waals surface area contributed by atoms with Gasteiger partial charge in [0.25, 0.3) is 0 Å². The minimum absolute atomic E-state index is 0.502. The van der Waals surface area contributed by atoms with Crippen LogP contribution in [0.15, 0.2) is 42.7 Å². The minimum atomic E-state index is -0.891. The van der Waals surface area contributed by atoms with Gasteiger partial charge in [-0.2, -0.15) is 0 Å². The van der Waals surface area contributed by atoms with Crippen molar-refractivity contribution in [2.45, 2.75) is 5.38 Å². The molecule has 0 aliphatic rings. The van der Waals surface area contributed by atoms with Gasteiger partial charge in [-0.05, 0) is 35.4 Å². The third-order valence-electron chi connectivity index (χ3n) is 2.24. The number of rotatable bonds is 2. The van der Waals surface area contributed by atoms with Crippen molar-refractivity contribution in [1.29, 1.82) is 0 Å². The van der Waals surface area contributed by atoms with Crippen LogP contribution in [0.25, 0.3) is 0 Å². The third-order valence-corrected chi connectivity index (χ3v) is 2.74. The Morgan fingerprint density at radius 1 is 0.938 bits per heavy atom. The van der Waals surface area contributed by atoms with E-state index >= 15 is 0 Å². The van der Waals surface area contributed by atoms with E-state index in [0.29, 0.717) is 5.56 Å². The van der Waals surface area contributed by atoms with Gasteiger partial charge >= 0.3 is 0 Å². The van der Waals surface area contributed by atoms with Crippen molar-refractivity contribution < 1.29 is 8.78 Å². The summed E-state index contributed by atoms with van der Waals surface area (Å²) in [6, 6.07) is 7.11. The first-order chi connectivity index (χ1) is 7.68. The molecule has 1 unspecified atom stereocenters. The van der Waals surface area contributed by atoms with E-state index < -0.39 is 17.0 Å². The van der Waals surface area contributed by atoms with Crippen LogP contribution in [-0.4, -0.2) is 4.98 Å². The molecular weight excluding hydrogens is 232 g/mol. The van der Waals surface area contributed by atoms with E-state index in [-0.39, 0.29) is 0 Å². The highest BCUT2D eigenvalue weighted by Gasteiger charge is 2.12. The molecule has 1 nitrogen and oxygen atoms in total. The second-order valence-corrected chi connectivity index (χ2v) is 3.75. The fourth-order valence-corrected chi connectivity index (χ4v) is 1.68. The minimum Gasteiger partial charge on any atom is -0.265 e. The van der Waals surface area contributed by atoms with E-state index in [1.807, 2.05) is 0 Å². The molecule has 1 aromatic carbocycles. The van der Waals surface area contributed by atoms with Crippen molar-refractivity contribution in [3.8, 4) is 0 Å². The van der Waals surface area contributed by atoms with Gasteiger partial charge in [0.15, 0.2) is 11.6 Å². The molecule has 1 aromatic heterocycles. The predicted molar refractivity (Wildman–Crippen MR) is 58.3 cm³/mol. The molecule has 2 aromatic rings. The number of nitrogens with zero attached hydrogens (tertiary/aromatic N) is 1. The number of hydrogen-bond acceptors (Lipinski definition) is 1. The molecule has 0 radical (unpaired) electrons. The zero-order valence-corrected chi connectivity index (χ0v) is 8.96. The Balaban J connectivity index is 2.34. The number of pyridine rings is 1. The maximum Gasteiger partial charge on any atom is 0.159 e. The lowest BCUT2D eigenvalue weighted by atomic mass is 10.1. The first-order valence-corrected chi connectivity index (χ1v) is 5.11. The van der Waals surface area contributed by atoms with Crippen LogP contribution < -0.4 is 0 Å². The van der Waals surface area contributed by atoms with Crippen LogP contribution >= 0.6 is 11.6 Å². The van der Waals surface area contributed by atoms with Gasteiger partial charge in [0.1, 0.15) is 0 Å². The third kappa shape index (κ3) is 2.19. The summed E-state index contributed by atoms with van der Waals surface area (Å²) in [5.41, 5.74) is 1.31. The molecule has 1 heterocycles. The second-order valence-electron chi connectivity index (χ2n) is 3.32. The molecule has 0 N–H and O–H groups in total. The molecule has 2 rings (SSSR count). The van der Waals surface area contributed by atoms with E-state index in [9.17, 15) is 8.78 Å². The Hall–Kier alpha value is -1.48. The molecule has 0 aliphatic carbocycles. The summed E-state index contributed by atoms with van der Waals surface area (Å²) in [5, 5.41) is -0.502. The number of hydrogen-bond donors (Lipinski definition) is 0. The van der Waals surface area contributed by atoms with Gasteiger partial charge in [-0.1, -0.05) is 6.07 Å². The quantitative estimate of drug-likeness (QED) is 0.729. The van der Waals surface area contributed by atoms with Gasteiger partial charge in [0.05, 0.1) is 5.38 Å². The summed E-state index contributed by atoms with van der Waals surface area (Å²) in [6.07, 6.45) is 3.20. The fourth-order valence-electron chi connectivity index (χ4n) is 1.39. The summed E-state index contributed by atoms with van der Waals surface area (Å²) in [5.74, 6) is -1.76. The van der Waals surface area contributed by atoms with Crippen molar-refractivity contribution in [2.75, 3.05) is 0 Å². The summed E-state index contributed by atoms with van der Waals surface area (Å²) >= 11 is 6.14. The van der Waals surface area contributed by atoms with Crippen LogP contribution in [0.2, 0.25) is 0 Å². The largest absolute Gasteiger partial charge is 0.265 e. The molecule has 0 spiro atoms. The Bertz CT molecular complexity index is 488. The number of alkyl halides is 1. The molecule has 0 fully saturated rings. The lowest BCUT2D eigenvalue weighted by Gasteiger charge is -2.09. The summed E-state index contributed by atoms with van der Waals surface area (Å²) < 4.78 is 25.7. The molecule has 0 aliphatic heterocycles.